The number of aromatic nitrogens is 4. The van der Waals surface area contributed by atoms with Crippen molar-refractivity contribution in [2.75, 3.05) is 0 Å². The zero-order chi connectivity index (χ0) is 36.1. The molecule has 6 nitrogen and oxygen atoms in total. The van der Waals surface area contributed by atoms with E-state index in [4.69, 9.17) is 28.8 Å². The standard InChI is InChI=1S/C49H28N4O2/c1-4-14-37-33(11-1)34-12-2-5-15-38(34)49(37)39-16-6-3-13-35(39)36-22-21-29(28-40(36)49)46-50-24-23-41(51-46)30-25-31(47-52-42-17-7-9-19-44(42)54-47)27-32(26-30)48-53-43-18-8-10-20-45(43)55-48/h1-28H. The highest BCUT2D eigenvalue weighted by Crippen LogP contribution is 2.63. The molecule has 0 bridgehead atoms. The summed E-state index contributed by atoms with van der Waals surface area (Å²) in [5.74, 6) is 1.66. The van der Waals surface area contributed by atoms with E-state index in [0.717, 1.165) is 50.1 Å². The third kappa shape index (κ3) is 4.30. The number of rotatable bonds is 4. The van der Waals surface area contributed by atoms with Crippen molar-refractivity contribution in [3.05, 3.63) is 192 Å². The average molecular weight is 705 g/mol. The molecule has 3 aromatic heterocycles. The lowest BCUT2D eigenvalue weighted by Gasteiger charge is -2.30. The molecular formula is C49H28N4O2. The second-order valence-electron chi connectivity index (χ2n) is 14.2. The molecule has 2 aliphatic rings. The van der Waals surface area contributed by atoms with Gasteiger partial charge in [-0.3, -0.25) is 0 Å². The SMILES string of the molecule is c1ccc2c(c1)-c1ccccc1C21c2ccccc2-c2ccc(-c3nccc(-c4cc(-c5nc6ccccc6o5)cc(-c5nc6ccccc6o5)c4)n3)cc21. The Kier molecular flexibility index (Phi) is 6.17. The van der Waals surface area contributed by atoms with E-state index in [-0.39, 0.29) is 0 Å². The van der Waals surface area contributed by atoms with E-state index >= 15 is 0 Å². The topological polar surface area (TPSA) is 77.8 Å². The fourth-order valence-corrected chi connectivity index (χ4v) is 8.91. The maximum absolute atomic E-state index is 6.26. The van der Waals surface area contributed by atoms with Gasteiger partial charge in [-0.1, -0.05) is 109 Å². The van der Waals surface area contributed by atoms with Gasteiger partial charge in [0.15, 0.2) is 17.0 Å². The maximum atomic E-state index is 6.26. The van der Waals surface area contributed by atoms with Crippen molar-refractivity contribution in [3.8, 4) is 67.8 Å². The predicted molar refractivity (Wildman–Crippen MR) is 215 cm³/mol. The van der Waals surface area contributed by atoms with Crippen LogP contribution < -0.4 is 0 Å². The summed E-state index contributed by atoms with van der Waals surface area (Å²) in [6.07, 6.45) is 1.83. The molecule has 0 saturated carbocycles. The van der Waals surface area contributed by atoms with Gasteiger partial charge in [0.2, 0.25) is 11.8 Å². The first-order chi connectivity index (χ1) is 27.2. The van der Waals surface area contributed by atoms with Crippen molar-refractivity contribution < 1.29 is 8.83 Å². The lowest BCUT2D eigenvalue weighted by atomic mass is 9.70. The van der Waals surface area contributed by atoms with Crippen molar-refractivity contribution in [2.24, 2.45) is 0 Å². The van der Waals surface area contributed by atoms with E-state index < -0.39 is 5.41 Å². The molecule has 10 aromatic rings. The van der Waals surface area contributed by atoms with E-state index in [2.05, 4.69) is 103 Å². The Bertz CT molecular complexity index is 2970. The summed E-state index contributed by atoms with van der Waals surface area (Å²) in [6.45, 7) is 0. The highest BCUT2D eigenvalue weighted by Gasteiger charge is 2.51. The van der Waals surface area contributed by atoms with Crippen LogP contribution in [0.1, 0.15) is 22.3 Å². The molecule has 1 spiro atoms. The number of hydrogen-bond acceptors (Lipinski definition) is 6. The van der Waals surface area contributed by atoms with E-state index in [1.807, 2.05) is 66.9 Å². The molecule has 256 valence electrons. The van der Waals surface area contributed by atoms with Gasteiger partial charge < -0.3 is 8.83 Å². The molecule has 7 aromatic carbocycles. The molecule has 12 rings (SSSR count). The Balaban J connectivity index is 1.03. The quantitative estimate of drug-likeness (QED) is 0.181. The van der Waals surface area contributed by atoms with Crippen LogP contribution in [0.25, 0.3) is 90.0 Å². The van der Waals surface area contributed by atoms with Crippen LogP contribution in [0.4, 0.5) is 0 Å². The number of fused-ring (bicyclic) bond motifs is 12. The predicted octanol–water partition coefficient (Wildman–Crippen LogP) is 11.8. The lowest BCUT2D eigenvalue weighted by molar-refractivity contribution is 0.617. The fourth-order valence-electron chi connectivity index (χ4n) is 8.91. The number of benzene rings is 7. The molecule has 3 heterocycles. The van der Waals surface area contributed by atoms with E-state index in [1.54, 1.807) is 0 Å². The minimum Gasteiger partial charge on any atom is -0.436 e. The van der Waals surface area contributed by atoms with Gasteiger partial charge in [-0.25, -0.2) is 19.9 Å². The molecule has 0 radical (unpaired) electrons. The Hall–Kier alpha value is -7.44. The maximum Gasteiger partial charge on any atom is 0.227 e. The minimum atomic E-state index is -0.449. The Morgan fingerprint density at radius 3 is 1.44 bits per heavy atom. The molecule has 0 unspecified atom stereocenters. The van der Waals surface area contributed by atoms with Gasteiger partial charge in [-0.15, -0.1) is 0 Å². The molecule has 55 heavy (non-hydrogen) atoms. The number of hydrogen-bond donors (Lipinski definition) is 0. The molecular weight excluding hydrogens is 677 g/mol. The Morgan fingerprint density at radius 1 is 0.382 bits per heavy atom. The van der Waals surface area contributed by atoms with Crippen molar-refractivity contribution in [1.82, 2.24) is 19.9 Å². The van der Waals surface area contributed by atoms with Gasteiger partial charge >= 0.3 is 0 Å². The Morgan fingerprint density at radius 2 is 0.873 bits per heavy atom. The molecule has 0 atom stereocenters. The fraction of sp³-hybridized carbons (Fsp3) is 0.0204. The van der Waals surface area contributed by atoms with E-state index in [0.29, 0.717) is 17.6 Å². The van der Waals surface area contributed by atoms with Crippen LogP contribution >= 0.6 is 0 Å². The van der Waals surface area contributed by atoms with Gasteiger partial charge in [0.1, 0.15) is 11.0 Å². The molecule has 0 saturated heterocycles. The molecule has 0 aliphatic heterocycles. The summed E-state index contributed by atoms with van der Waals surface area (Å²) in [7, 11) is 0. The summed E-state index contributed by atoms with van der Waals surface area (Å²) >= 11 is 0. The van der Waals surface area contributed by atoms with Crippen LogP contribution in [0.5, 0.6) is 0 Å². The largest absolute Gasteiger partial charge is 0.436 e. The van der Waals surface area contributed by atoms with Crippen LogP contribution in [0.2, 0.25) is 0 Å². The van der Waals surface area contributed by atoms with Crippen LogP contribution in [0, 0.1) is 0 Å². The second kappa shape index (κ2) is 11.3. The second-order valence-corrected chi connectivity index (χ2v) is 14.2. The molecule has 0 N–H and O–H groups in total. The summed E-state index contributed by atoms with van der Waals surface area (Å²) in [5.41, 5.74) is 16.9. The first-order valence-corrected chi connectivity index (χ1v) is 18.4. The van der Waals surface area contributed by atoms with E-state index in [1.165, 1.54) is 44.5 Å². The van der Waals surface area contributed by atoms with Gasteiger partial charge in [-0.05, 0) is 99.1 Å². The first-order valence-electron chi connectivity index (χ1n) is 18.4. The zero-order valence-electron chi connectivity index (χ0n) is 29.3. The van der Waals surface area contributed by atoms with Gasteiger partial charge in [0, 0.05) is 28.5 Å². The van der Waals surface area contributed by atoms with Crippen molar-refractivity contribution in [3.63, 3.8) is 0 Å². The van der Waals surface area contributed by atoms with Crippen LogP contribution in [-0.2, 0) is 5.41 Å². The van der Waals surface area contributed by atoms with Gasteiger partial charge in [-0.2, -0.15) is 0 Å². The minimum absolute atomic E-state index is 0.449. The van der Waals surface area contributed by atoms with Gasteiger partial charge in [0.25, 0.3) is 0 Å². The monoisotopic (exact) mass is 704 g/mol. The summed E-state index contributed by atoms with van der Waals surface area (Å²) in [5, 5.41) is 0. The smallest absolute Gasteiger partial charge is 0.227 e. The third-order valence-electron chi connectivity index (χ3n) is 11.2. The van der Waals surface area contributed by atoms with Crippen LogP contribution in [0.15, 0.2) is 179 Å². The Labute approximate surface area is 315 Å². The number of para-hydroxylation sites is 4. The summed E-state index contributed by atoms with van der Waals surface area (Å²) in [4.78, 5) is 19.7. The van der Waals surface area contributed by atoms with Crippen molar-refractivity contribution in [2.45, 2.75) is 5.41 Å². The highest BCUT2D eigenvalue weighted by molar-refractivity contribution is 5.96. The van der Waals surface area contributed by atoms with Gasteiger partial charge in [0.05, 0.1) is 11.1 Å². The molecule has 6 heteroatoms. The normalized spacial score (nSPS) is 13.2. The van der Waals surface area contributed by atoms with Crippen LogP contribution in [0.3, 0.4) is 0 Å². The molecule has 0 amide bonds. The first kappa shape index (κ1) is 30.1. The summed E-state index contributed by atoms with van der Waals surface area (Å²) < 4.78 is 12.5. The van der Waals surface area contributed by atoms with E-state index in [9.17, 15) is 0 Å². The van der Waals surface area contributed by atoms with Crippen molar-refractivity contribution >= 4 is 22.2 Å². The average Bonchev–Trinajstić information content (AvgIpc) is 4.02. The number of nitrogens with zero attached hydrogens (tertiary/aromatic N) is 4. The van der Waals surface area contributed by atoms with Crippen LogP contribution in [-0.4, -0.2) is 19.9 Å². The summed E-state index contributed by atoms with van der Waals surface area (Å²) in [6, 6.07) is 56.9. The lowest BCUT2D eigenvalue weighted by Crippen LogP contribution is -2.25. The molecule has 0 fully saturated rings. The highest BCUT2D eigenvalue weighted by atomic mass is 16.4. The number of oxazole rings is 2. The third-order valence-corrected chi connectivity index (χ3v) is 11.2. The zero-order valence-corrected chi connectivity index (χ0v) is 29.3. The molecule has 2 aliphatic carbocycles. The van der Waals surface area contributed by atoms with Crippen molar-refractivity contribution in [1.29, 1.82) is 0 Å².